The van der Waals surface area contributed by atoms with Crippen molar-refractivity contribution in [2.24, 2.45) is 5.92 Å². The van der Waals surface area contributed by atoms with Gasteiger partial charge in [-0.1, -0.05) is 31.9 Å². The third-order valence-corrected chi connectivity index (χ3v) is 3.11. The summed E-state index contributed by atoms with van der Waals surface area (Å²) in [7, 11) is 0. The third kappa shape index (κ3) is 3.53. The van der Waals surface area contributed by atoms with Crippen molar-refractivity contribution in [3.05, 3.63) is 22.7 Å². The Bertz CT molecular complexity index is 434. The number of phenolic OH excluding ortho intramolecular Hbond substituents is 2. The van der Waals surface area contributed by atoms with Gasteiger partial charge >= 0.3 is 0 Å². The lowest BCUT2D eigenvalue weighted by molar-refractivity contribution is 0.0947. The number of phenols is 2. The van der Waals surface area contributed by atoms with Gasteiger partial charge in [0.15, 0.2) is 11.5 Å². The number of rotatable bonds is 5. The predicted octanol–water partition coefficient (Wildman–Crippen LogP) is 2.92. The highest BCUT2D eigenvalue weighted by atomic mass is 35.5. The van der Waals surface area contributed by atoms with Crippen LogP contribution in [0.3, 0.4) is 0 Å². The molecule has 0 fully saturated rings. The topological polar surface area (TPSA) is 69.6 Å². The largest absolute Gasteiger partial charge is 0.504 e. The Morgan fingerprint density at radius 1 is 1.44 bits per heavy atom. The first-order valence-corrected chi connectivity index (χ1v) is 6.33. The van der Waals surface area contributed by atoms with Crippen LogP contribution < -0.4 is 5.32 Å². The van der Waals surface area contributed by atoms with E-state index in [9.17, 15) is 15.0 Å². The Hall–Kier alpha value is -1.42. The summed E-state index contributed by atoms with van der Waals surface area (Å²) in [5.74, 6) is -0.761. The monoisotopic (exact) mass is 271 g/mol. The average molecular weight is 272 g/mol. The van der Waals surface area contributed by atoms with Crippen molar-refractivity contribution in [2.45, 2.75) is 26.7 Å². The molecule has 0 aromatic heterocycles. The number of amides is 1. The first kappa shape index (κ1) is 14.6. The molecule has 0 spiro atoms. The van der Waals surface area contributed by atoms with E-state index in [1.54, 1.807) is 0 Å². The van der Waals surface area contributed by atoms with Gasteiger partial charge in [0.05, 0.1) is 10.6 Å². The molecule has 0 heterocycles. The SMILES string of the molecule is CCCC(C)CNC(=O)c1ccc(O)c(O)c1Cl. The molecule has 100 valence electrons. The van der Waals surface area contributed by atoms with E-state index in [2.05, 4.69) is 19.2 Å². The molecular weight excluding hydrogens is 254 g/mol. The summed E-state index contributed by atoms with van der Waals surface area (Å²) in [6.07, 6.45) is 2.10. The lowest BCUT2D eigenvalue weighted by Gasteiger charge is -2.12. The lowest BCUT2D eigenvalue weighted by atomic mass is 10.1. The number of hydrogen-bond donors (Lipinski definition) is 3. The highest BCUT2D eigenvalue weighted by Crippen LogP contribution is 2.35. The van der Waals surface area contributed by atoms with Crippen LogP contribution in [0.1, 0.15) is 37.0 Å². The number of hydrogen-bond acceptors (Lipinski definition) is 3. The summed E-state index contributed by atoms with van der Waals surface area (Å²) >= 11 is 5.80. The number of carbonyl (C=O) groups excluding carboxylic acids is 1. The standard InChI is InChI=1S/C13H18ClNO3/c1-3-4-8(2)7-15-13(18)9-5-6-10(16)12(17)11(9)14/h5-6,8,16-17H,3-4,7H2,1-2H3,(H,15,18). The number of nitrogens with one attached hydrogen (secondary N) is 1. The van der Waals surface area contributed by atoms with Gasteiger partial charge in [0.1, 0.15) is 0 Å². The summed E-state index contributed by atoms with van der Waals surface area (Å²) in [5.41, 5.74) is 0.163. The maximum absolute atomic E-state index is 11.8. The molecule has 0 radical (unpaired) electrons. The molecule has 0 saturated carbocycles. The summed E-state index contributed by atoms with van der Waals surface area (Å²) in [5, 5.41) is 21.3. The molecule has 1 rings (SSSR count). The lowest BCUT2D eigenvalue weighted by Crippen LogP contribution is -2.28. The van der Waals surface area contributed by atoms with Crippen molar-refractivity contribution < 1.29 is 15.0 Å². The van der Waals surface area contributed by atoms with Gasteiger partial charge in [-0.05, 0) is 24.5 Å². The van der Waals surface area contributed by atoms with Crippen molar-refractivity contribution in [1.82, 2.24) is 5.32 Å². The van der Waals surface area contributed by atoms with Crippen LogP contribution in [-0.2, 0) is 0 Å². The van der Waals surface area contributed by atoms with E-state index in [-0.39, 0.29) is 22.2 Å². The molecule has 0 saturated heterocycles. The molecule has 1 unspecified atom stereocenters. The molecular formula is C13H18ClNO3. The molecule has 1 aromatic carbocycles. The van der Waals surface area contributed by atoms with E-state index < -0.39 is 5.75 Å². The minimum atomic E-state index is -0.467. The molecule has 5 heteroatoms. The Kier molecular flexibility index (Phi) is 5.28. The van der Waals surface area contributed by atoms with Gasteiger partial charge in [-0.25, -0.2) is 0 Å². The van der Waals surface area contributed by atoms with E-state index in [0.717, 1.165) is 12.8 Å². The van der Waals surface area contributed by atoms with Gasteiger partial charge in [0.25, 0.3) is 5.91 Å². The quantitative estimate of drug-likeness (QED) is 0.721. The Balaban J connectivity index is 2.71. The van der Waals surface area contributed by atoms with Crippen LogP contribution in [0.25, 0.3) is 0 Å². The smallest absolute Gasteiger partial charge is 0.252 e. The average Bonchev–Trinajstić information content (AvgIpc) is 2.34. The van der Waals surface area contributed by atoms with Crippen LogP contribution in [0.4, 0.5) is 0 Å². The second-order valence-corrected chi connectivity index (χ2v) is 4.78. The van der Waals surface area contributed by atoms with Gasteiger partial charge in [-0.2, -0.15) is 0 Å². The number of aromatic hydroxyl groups is 2. The van der Waals surface area contributed by atoms with Crippen molar-refractivity contribution in [3.63, 3.8) is 0 Å². The van der Waals surface area contributed by atoms with E-state index >= 15 is 0 Å². The molecule has 0 aliphatic rings. The number of benzene rings is 1. The fourth-order valence-electron chi connectivity index (χ4n) is 1.69. The summed E-state index contributed by atoms with van der Waals surface area (Å²) in [6, 6.07) is 2.63. The van der Waals surface area contributed by atoms with Gasteiger partial charge < -0.3 is 15.5 Å². The third-order valence-electron chi connectivity index (χ3n) is 2.73. The Labute approximate surface area is 112 Å². The zero-order valence-electron chi connectivity index (χ0n) is 10.5. The summed E-state index contributed by atoms with van der Waals surface area (Å²) in [6.45, 7) is 4.71. The summed E-state index contributed by atoms with van der Waals surface area (Å²) < 4.78 is 0. The normalized spacial score (nSPS) is 12.2. The van der Waals surface area contributed by atoms with E-state index in [0.29, 0.717) is 12.5 Å². The van der Waals surface area contributed by atoms with Crippen molar-refractivity contribution in [2.75, 3.05) is 6.54 Å². The first-order valence-electron chi connectivity index (χ1n) is 5.96. The van der Waals surface area contributed by atoms with Crippen LogP contribution >= 0.6 is 11.6 Å². The highest BCUT2D eigenvalue weighted by molar-refractivity contribution is 6.35. The molecule has 1 amide bonds. The molecule has 4 nitrogen and oxygen atoms in total. The maximum atomic E-state index is 11.8. The van der Waals surface area contributed by atoms with Crippen LogP contribution in [0, 0.1) is 5.92 Å². The molecule has 18 heavy (non-hydrogen) atoms. The van der Waals surface area contributed by atoms with Crippen molar-refractivity contribution >= 4 is 17.5 Å². The van der Waals surface area contributed by atoms with E-state index in [1.807, 2.05) is 0 Å². The first-order chi connectivity index (χ1) is 8.47. The second kappa shape index (κ2) is 6.50. The van der Waals surface area contributed by atoms with Gasteiger partial charge in [-0.3, -0.25) is 4.79 Å². The minimum absolute atomic E-state index is 0.129. The molecule has 1 aromatic rings. The van der Waals surface area contributed by atoms with Gasteiger partial charge in [0.2, 0.25) is 0 Å². The van der Waals surface area contributed by atoms with Gasteiger partial charge in [0, 0.05) is 6.54 Å². The maximum Gasteiger partial charge on any atom is 0.252 e. The van der Waals surface area contributed by atoms with Gasteiger partial charge in [-0.15, -0.1) is 0 Å². The zero-order valence-corrected chi connectivity index (χ0v) is 11.3. The Morgan fingerprint density at radius 3 is 2.72 bits per heavy atom. The number of carbonyl (C=O) groups is 1. The number of halogens is 1. The second-order valence-electron chi connectivity index (χ2n) is 4.40. The van der Waals surface area contributed by atoms with Crippen molar-refractivity contribution in [3.8, 4) is 11.5 Å². The summed E-state index contributed by atoms with van der Waals surface area (Å²) in [4.78, 5) is 11.8. The highest BCUT2D eigenvalue weighted by Gasteiger charge is 2.16. The molecule has 0 aliphatic carbocycles. The van der Waals surface area contributed by atoms with Crippen LogP contribution in [-0.4, -0.2) is 22.7 Å². The van der Waals surface area contributed by atoms with Crippen LogP contribution in [0.2, 0.25) is 5.02 Å². The molecule has 0 aliphatic heterocycles. The zero-order chi connectivity index (χ0) is 13.7. The van der Waals surface area contributed by atoms with E-state index in [1.165, 1.54) is 12.1 Å². The Morgan fingerprint density at radius 2 is 2.11 bits per heavy atom. The van der Waals surface area contributed by atoms with Crippen LogP contribution in [0.15, 0.2) is 12.1 Å². The minimum Gasteiger partial charge on any atom is -0.504 e. The molecule has 3 N–H and O–H groups in total. The van der Waals surface area contributed by atoms with Crippen molar-refractivity contribution in [1.29, 1.82) is 0 Å². The molecule has 0 bridgehead atoms. The fraction of sp³-hybridized carbons (Fsp3) is 0.462. The van der Waals surface area contributed by atoms with E-state index in [4.69, 9.17) is 11.6 Å². The predicted molar refractivity (Wildman–Crippen MR) is 71.2 cm³/mol. The fourth-order valence-corrected chi connectivity index (χ4v) is 1.93. The van der Waals surface area contributed by atoms with Crippen LogP contribution in [0.5, 0.6) is 11.5 Å². The molecule has 1 atom stereocenters.